The van der Waals surface area contributed by atoms with Crippen molar-refractivity contribution in [3.63, 3.8) is 0 Å². The van der Waals surface area contributed by atoms with Crippen molar-refractivity contribution >= 4 is 11.8 Å². The molecule has 0 aliphatic carbocycles. The summed E-state index contributed by atoms with van der Waals surface area (Å²) >= 11 is 0. The maximum atomic E-state index is 13.3. The second kappa shape index (κ2) is 11.1. The molecular formula is C26H27FN2O3. The van der Waals surface area contributed by atoms with Crippen LogP contribution < -0.4 is 15.4 Å². The summed E-state index contributed by atoms with van der Waals surface area (Å²) in [5.41, 5.74) is 2.52. The number of benzene rings is 3. The summed E-state index contributed by atoms with van der Waals surface area (Å²) in [6, 6.07) is 21.7. The Hall–Kier alpha value is -3.67. The molecular weight excluding hydrogens is 407 g/mol. The quantitative estimate of drug-likeness (QED) is 0.535. The highest BCUT2D eigenvalue weighted by molar-refractivity contribution is 5.88. The molecule has 0 unspecified atom stereocenters. The van der Waals surface area contributed by atoms with Gasteiger partial charge in [-0.2, -0.15) is 0 Å². The monoisotopic (exact) mass is 434 g/mol. The highest BCUT2D eigenvalue weighted by atomic mass is 19.1. The van der Waals surface area contributed by atoms with Crippen LogP contribution in [0.25, 0.3) is 0 Å². The van der Waals surface area contributed by atoms with Gasteiger partial charge in [0.25, 0.3) is 0 Å². The Morgan fingerprint density at radius 2 is 1.50 bits per heavy atom. The molecule has 0 fully saturated rings. The molecule has 0 heterocycles. The van der Waals surface area contributed by atoms with Crippen LogP contribution in [0.3, 0.4) is 0 Å². The molecule has 0 radical (unpaired) electrons. The Morgan fingerprint density at radius 1 is 0.875 bits per heavy atom. The number of halogens is 1. The average Bonchev–Trinajstić information content (AvgIpc) is 2.81. The van der Waals surface area contributed by atoms with Crippen molar-refractivity contribution < 1.29 is 18.7 Å². The third kappa shape index (κ3) is 6.67. The van der Waals surface area contributed by atoms with Crippen LogP contribution in [-0.2, 0) is 22.4 Å². The van der Waals surface area contributed by atoms with Crippen molar-refractivity contribution in [2.45, 2.75) is 31.8 Å². The number of methoxy groups -OCH3 is 1. The number of amides is 2. The molecule has 0 bridgehead atoms. The topological polar surface area (TPSA) is 67.4 Å². The first kappa shape index (κ1) is 23.0. The number of hydrogen-bond acceptors (Lipinski definition) is 3. The molecule has 0 saturated carbocycles. The Bertz CT molecular complexity index is 1020. The van der Waals surface area contributed by atoms with Crippen LogP contribution in [-0.4, -0.2) is 25.0 Å². The minimum atomic E-state index is -0.794. The van der Waals surface area contributed by atoms with E-state index in [2.05, 4.69) is 10.6 Å². The van der Waals surface area contributed by atoms with Gasteiger partial charge in [-0.15, -0.1) is 0 Å². The second-order valence-electron chi connectivity index (χ2n) is 7.62. The Kier molecular flexibility index (Phi) is 7.97. The first-order valence-electron chi connectivity index (χ1n) is 10.5. The normalized spacial score (nSPS) is 12.5. The summed E-state index contributed by atoms with van der Waals surface area (Å²) in [5, 5.41) is 5.81. The van der Waals surface area contributed by atoms with E-state index in [0.29, 0.717) is 5.75 Å². The molecule has 5 nitrogen and oxygen atoms in total. The largest absolute Gasteiger partial charge is 0.497 e. The van der Waals surface area contributed by atoms with Crippen LogP contribution in [0.4, 0.5) is 4.39 Å². The highest BCUT2D eigenvalue weighted by Crippen LogP contribution is 2.14. The molecule has 3 aromatic carbocycles. The molecule has 6 heteroatoms. The summed E-state index contributed by atoms with van der Waals surface area (Å²) < 4.78 is 18.4. The van der Waals surface area contributed by atoms with Gasteiger partial charge in [0.05, 0.1) is 19.6 Å². The van der Waals surface area contributed by atoms with E-state index in [1.54, 1.807) is 31.4 Å². The molecule has 2 atom stereocenters. The summed E-state index contributed by atoms with van der Waals surface area (Å²) in [7, 11) is 1.58. The van der Waals surface area contributed by atoms with E-state index in [9.17, 15) is 14.0 Å². The summed E-state index contributed by atoms with van der Waals surface area (Å²) in [5.74, 6) is -0.216. The van der Waals surface area contributed by atoms with Gasteiger partial charge in [0.2, 0.25) is 11.8 Å². The van der Waals surface area contributed by atoms with Crippen LogP contribution in [0.2, 0.25) is 0 Å². The van der Waals surface area contributed by atoms with Crippen molar-refractivity contribution in [1.82, 2.24) is 10.6 Å². The Morgan fingerprint density at radius 3 is 2.12 bits per heavy atom. The number of nitrogens with one attached hydrogen (secondary N) is 2. The SMILES string of the molecule is COc1ccc(CC(=O)N[C@H](Cc2ccc(F)cc2)C(=O)N[C@@H](C)c2ccccc2)cc1. The van der Waals surface area contributed by atoms with Crippen LogP contribution in [0.1, 0.15) is 29.7 Å². The lowest BCUT2D eigenvalue weighted by Crippen LogP contribution is -2.49. The summed E-state index contributed by atoms with van der Waals surface area (Å²) in [6.45, 7) is 1.89. The molecule has 2 amide bonds. The molecule has 3 rings (SSSR count). The van der Waals surface area contributed by atoms with E-state index in [0.717, 1.165) is 16.7 Å². The molecule has 0 aromatic heterocycles. The predicted molar refractivity (Wildman–Crippen MR) is 122 cm³/mol. The average molecular weight is 435 g/mol. The van der Waals surface area contributed by atoms with Gasteiger partial charge in [-0.1, -0.05) is 54.6 Å². The third-order valence-corrected chi connectivity index (χ3v) is 5.19. The van der Waals surface area contributed by atoms with Gasteiger partial charge in [0.15, 0.2) is 0 Å². The van der Waals surface area contributed by atoms with Crippen LogP contribution in [0, 0.1) is 5.82 Å². The summed E-state index contributed by atoms with van der Waals surface area (Å²) in [4.78, 5) is 25.8. The lowest BCUT2D eigenvalue weighted by molar-refractivity contribution is -0.129. The fraction of sp³-hybridized carbons (Fsp3) is 0.231. The molecule has 3 aromatic rings. The zero-order chi connectivity index (χ0) is 22.9. The van der Waals surface area contributed by atoms with Gasteiger partial charge in [0.1, 0.15) is 17.6 Å². The van der Waals surface area contributed by atoms with Gasteiger partial charge in [-0.25, -0.2) is 4.39 Å². The van der Waals surface area contributed by atoms with Gasteiger partial charge >= 0.3 is 0 Å². The molecule has 166 valence electrons. The van der Waals surface area contributed by atoms with Crippen molar-refractivity contribution in [2.75, 3.05) is 7.11 Å². The van der Waals surface area contributed by atoms with Crippen LogP contribution in [0.5, 0.6) is 5.75 Å². The molecule has 0 aliphatic rings. The minimum Gasteiger partial charge on any atom is -0.497 e. The predicted octanol–water partition coefficient (Wildman–Crippen LogP) is 3.98. The standard InChI is InChI=1S/C26H27FN2O3/c1-18(21-6-4-3-5-7-21)28-26(31)24(16-19-8-12-22(27)13-9-19)29-25(30)17-20-10-14-23(32-2)15-11-20/h3-15,18,24H,16-17H2,1-2H3,(H,28,31)(H,29,30)/t18-,24+/m0/s1. The zero-order valence-corrected chi connectivity index (χ0v) is 18.2. The van der Waals surface area contributed by atoms with E-state index in [1.165, 1.54) is 12.1 Å². The summed E-state index contributed by atoms with van der Waals surface area (Å²) in [6.07, 6.45) is 0.382. The van der Waals surface area contributed by atoms with Gasteiger partial charge in [-0.3, -0.25) is 9.59 Å². The molecule has 0 aliphatic heterocycles. The Labute approximate surface area is 187 Å². The van der Waals surface area contributed by atoms with E-state index >= 15 is 0 Å². The first-order valence-corrected chi connectivity index (χ1v) is 10.5. The lowest BCUT2D eigenvalue weighted by atomic mass is 10.0. The molecule has 0 saturated heterocycles. The molecule has 32 heavy (non-hydrogen) atoms. The van der Waals surface area contributed by atoms with Gasteiger partial charge < -0.3 is 15.4 Å². The maximum Gasteiger partial charge on any atom is 0.243 e. The fourth-order valence-electron chi connectivity index (χ4n) is 3.38. The van der Waals surface area contributed by atoms with Crippen LogP contribution in [0.15, 0.2) is 78.9 Å². The van der Waals surface area contributed by atoms with Crippen molar-refractivity contribution in [3.8, 4) is 5.75 Å². The minimum absolute atomic E-state index is 0.130. The number of carbonyl (C=O) groups is 2. The number of hydrogen-bond donors (Lipinski definition) is 2. The van der Waals surface area contributed by atoms with Crippen molar-refractivity contribution in [2.24, 2.45) is 0 Å². The van der Waals surface area contributed by atoms with Gasteiger partial charge in [-0.05, 0) is 47.9 Å². The number of ether oxygens (including phenoxy) is 1. The van der Waals surface area contributed by atoms with Gasteiger partial charge in [0, 0.05) is 6.42 Å². The number of rotatable bonds is 9. The Balaban J connectivity index is 1.70. The van der Waals surface area contributed by atoms with Crippen molar-refractivity contribution in [3.05, 3.63) is 101 Å². The molecule has 2 N–H and O–H groups in total. The maximum absolute atomic E-state index is 13.3. The third-order valence-electron chi connectivity index (χ3n) is 5.19. The first-order chi connectivity index (χ1) is 15.4. The second-order valence-corrected chi connectivity index (χ2v) is 7.62. The van der Waals surface area contributed by atoms with Crippen LogP contribution >= 0.6 is 0 Å². The van der Waals surface area contributed by atoms with E-state index in [1.807, 2.05) is 49.4 Å². The fourth-order valence-corrected chi connectivity index (χ4v) is 3.38. The molecule has 0 spiro atoms. The van der Waals surface area contributed by atoms with E-state index in [-0.39, 0.29) is 36.5 Å². The lowest BCUT2D eigenvalue weighted by Gasteiger charge is -2.22. The van der Waals surface area contributed by atoms with Crippen molar-refractivity contribution in [1.29, 1.82) is 0 Å². The zero-order valence-electron chi connectivity index (χ0n) is 18.2. The highest BCUT2D eigenvalue weighted by Gasteiger charge is 2.23. The smallest absolute Gasteiger partial charge is 0.243 e. The van der Waals surface area contributed by atoms with E-state index in [4.69, 9.17) is 4.74 Å². The van der Waals surface area contributed by atoms with E-state index < -0.39 is 6.04 Å². The number of carbonyl (C=O) groups excluding carboxylic acids is 2.